The van der Waals surface area contributed by atoms with Gasteiger partial charge < -0.3 is 0 Å². The van der Waals surface area contributed by atoms with Crippen LogP contribution in [0.25, 0.3) is 0 Å². The molecule has 0 saturated carbocycles. The fourth-order valence-corrected chi connectivity index (χ4v) is 14.4. The molecule has 8 nitrogen and oxygen atoms in total. The van der Waals surface area contributed by atoms with Crippen LogP contribution in [-0.2, 0) is 42.9 Å². The summed E-state index contributed by atoms with van der Waals surface area (Å²) < 4.78 is 50.9. The Morgan fingerprint density at radius 1 is 0.632 bits per heavy atom. The SMILES string of the molecule is CCO[O][Ta](=[O])(=[O])([O]CC)([O]CC)([O]CC)[O]CC. The average Bonchev–Trinajstić information content (AvgIpc) is 2.28. The summed E-state index contributed by atoms with van der Waals surface area (Å²) in [5, 5.41) is 0. The second-order valence-electron chi connectivity index (χ2n) is 3.72. The quantitative estimate of drug-likeness (QED) is 0.347. The predicted octanol–water partition coefficient (Wildman–Crippen LogP) is 2.13. The molecular weight excluding hydrogens is 429 g/mol. The third-order valence-corrected chi connectivity index (χ3v) is 16.6. The van der Waals surface area contributed by atoms with Crippen LogP contribution in [0.4, 0.5) is 0 Å². The van der Waals surface area contributed by atoms with Gasteiger partial charge in [-0.05, 0) is 0 Å². The van der Waals surface area contributed by atoms with Gasteiger partial charge in [-0.1, -0.05) is 0 Å². The van der Waals surface area contributed by atoms with Gasteiger partial charge in [-0.25, -0.2) is 0 Å². The van der Waals surface area contributed by atoms with Crippen LogP contribution in [0.2, 0.25) is 0 Å². The molecule has 0 heterocycles. The minimum atomic E-state index is -8.79. The molecule has 0 fully saturated rings. The summed E-state index contributed by atoms with van der Waals surface area (Å²) in [5.41, 5.74) is 0. The van der Waals surface area contributed by atoms with Crippen molar-refractivity contribution in [2.75, 3.05) is 33.0 Å². The third kappa shape index (κ3) is 3.60. The summed E-state index contributed by atoms with van der Waals surface area (Å²) in [4.78, 5) is 4.58. The molecule has 118 valence electrons. The molecule has 0 rings (SSSR count). The first kappa shape index (κ1) is 19.1. The summed E-state index contributed by atoms with van der Waals surface area (Å²) in [7, 11) is 0. The summed E-state index contributed by atoms with van der Waals surface area (Å²) in [6, 6.07) is 0. The molecule has 0 saturated heterocycles. The van der Waals surface area contributed by atoms with Gasteiger partial charge in [0.15, 0.2) is 0 Å². The molecule has 0 unspecified atom stereocenters. The van der Waals surface area contributed by atoms with Crippen molar-refractivity contribution in [3.05, 3.63) is 0 Å². The van der Waals surface area contributed by atoms with Crippen molar-refractivity contribution in [1.29, 1.82) is 0 Å². The second-order valence-corrected chi connectivity index (χ2v) is 19.2. The van der Waals surface area contributed by atoms with Crippen LogP contribution in [0, 0.1) is 0 Å². The molecule has 0 bridgehead atoms. The third-order valence-electron chi connectivity index (χ3n) is 2.13. The maximum absolute atomic E-state index is 13.4. The topological polar surface area (TPSA) is 89.5 Å². The van der Waals surface area contributed by atoms with Gasteiger partial charge in [0.1, 0.15) is 0 Å². The Bertz CT molecular complexity index is 424. The van der Waals surface area contributed by atoms with E-state index < -0.39 is 15.1 Å². The van der Waals surface area contributed by atoms with E-state index in [0.29, 0.717) is 0 Å². The van der Waals surface area contributed by atoms with Crippen LogP contribution < -0.4 is 0 Å². The molecular formula is C10H25O8Ta. The normalized spacial score (nSPS) is 18.3. The Morgan fingerprint density at radius 3 is 1.16 bits per heavy atom. The first-order valence-corrected chi connectivity index (χ1v) is 15.6. The van der Waals surface area contributed by atoms with E-state index in [9.17, 15) is 6.50 Å². The zero-order valence-electron chi connectivity index (χ0n) is 12.2. The van der Waals surface area contributed by atoms with Gasteiger partial charge in [0.2, 0.25) is 0 Å². The molecule has 0 amide bonds. The standard InChI is InChI=1S/C2H6O2.4C2H5O.2O.Ta/c1-2-4-3;4*1-2-3;;;/h3H,2H2,1H3;4*2H2,1H3;;;/q;4*-1;;;+5/p-1. The van der Waals surface area contributed by atoms with Crippen LogP contribution in [-0.4, -0.2) is 33.0 Å². The molecule has 0 aromatic rings. The zero-order valence-corrected chi connectivity index (χ0v) is 15.5. The zero-order chi connectivity index (χ0) is 15.2. The van der Waals surface area contributed by atoms with Crippen molar-refractivity contribution >= 4 is 0 Å². The number of hydrogen-bond acceptors (Lipinski definition) is 8. The van der Waals surface area contributed by atoms with Crippen LogP contribution in [0.3, 0.4) is 0 Å². The van der Waals surface area contributed by atoms with Crippen LogP contribution in [0.5, 0.6) is 0 Å². The molecule has 9 heteroatoms. The van der Waals surface area contributed by atoms with Crippen molar-refractivity contribution < 1.29 is 42.9 Å². The van der Waals surface area contributed by atoms with Crippen molar-refractivity contribution in [2.45, 2.75) is 34.6 Å². The van der Waals surface area contributed by atoms with E-state index in [0.717, 1.165) is 0 Å². The predicted molar refractivity (Wildman–Crippen MR) is 60.6 cm³/mol. The van der Waals surface area contributed by atoms with Crippen molar-refractivity contribution in [2.24, 2.45) is 0 Å². The summed E-state index contributed by atoms with van der Waals surface area (Å²) in [6.45, 7) is 6.01. The minimum absolute atomic E-state index is 0.0682. The molecule has 0 N–H and O–H groups in total. The molecule has 0 aliphatic carbocycles. The summed E-state index contributed by atoms with van der Waals surface area (Å²) >= 11 is -8.79. The summed E-state index contributed by atoms with van der Waals surface area (Å²) in [5.74, 6) is 0. The summed E-state index contributed by atoms with van der Waals surface area (Å²) in [6.07, 6.45) is 0. The Labute approximate surface area is 111 Å². The van der Waals surface area contributed by atoms with Gasteiger partial charge in [0.25, 0.3) is 0 Å². The van der Waals surface area contributed by atoms with Crippen LogP contribution >= 0.6 is 0 Å². The van der Waals surface area contributed by atoms with Crippen LogP contribution in [0.1, 0.15) is 34.6 Å². The monoisotopic (exact) mass is 454 g/mol. The van der Waals surface area contributed by atoms with Gasteiger partial charge in [0, 0.05) is 0 Å². The molecule has 0 radical (unpaired) electrons. The first-order chi connectivity index (χ1) is 8.63. The Kier molecular flexibility index (Phi) is 5.16. The first-order valence-electron chi connectivity index (χ1n) is 6.42. The van der Waals surface area contributed by atoms with E-state index in [-0.39, 0.29) is 33.0 Å². The second kappa shape index (κ2) is 5.14. The Morgan fingerprint density at radius 2 is 0.947 bits per heavy atom. The van der Waals surface area contributed by atoms with E-state index in [1.807, 2.05) is 0 Å². The molecule has 0 aromatic heterocycles. The molecule has 0 aliphatic rings. The molecule has 0 aromatic carbocycles. The molecule has 19 heavy (non-hydrogen) atoms. The maximum atomic E-state index is 13.4. The molecule has 0 atom stereocenters. The number of hydrogen-bond donors (Lipinski definition) is 0. The van der Waals surface area contributed by atoms with E-state index in [4.69, 9.17) is 13.0 Å². The Balaban J connectivity index is 6.29. The van der Waals surface area contributed by atoms with Crippen LogP contribution in [0.15, 0.2) is 0 Å². The fraction of sp³-hybridized carbons (Fsp3) is 1.00. The molecule has 0 spiro atoms. The van der Waals surface area contributed by atoms with Crippen molar-refractivity contribution in [3.63, 3.8) is 0 Å². The van der Waals surface area contributed by atoms with Gasteiger partial charge >= 0.3 is 111 Å². The fourth-order valence-electron chi connectivity index (χ4n) is 1.76. The van der Waals surface area contributed by atoms with E-state index in [2.05, 4.69) is 8.28 Å². The Hall–Kier alpha value is 0.100. The van der Waals surface area contributed by atoms with Gasteiger partial charge in [0.05, 0.1) is 0 Å². The van der Waals surface area contributed by atoms with E-state index in [1.165, 1.54) is 34.6 Å². The van der Waals surface area contributed by atoms with E-state index >= 15 is 0 Å². The van der Waals surface area contributed by atoms with Gasteiger partial charge in [-0.3, -0.25) is 0 Å². The molecule has 0 aliphatic heterocycles. The van der Waals surface area contributed by atoms with E-state index in [1.54, 1.807) is 0 Å². The van der Waals surface area contributed by atoms with Crippen molar-refractivity contribution in [1.82, 2.24) is 0 Å². The number of rotatable bonds is 11. The van der Waals surface area contributed by atoms with Crippen molar-refractivity contribution in [3.8, 4) is 0 Å². The average molecular weight is 454 g/mol. The van der Waals surface area contributed by atoms with Gasteiger partial charge in [-0.2, -0.15) is 0 Å². The van der Waals surface area contributed by atoms with Gasteiger partial charge in [-0.15, -0.1) is 0 Å².